The number of nitrogens with zero attached hydrogens (tertiary/aromatic N) is 2. The van der Waals surface area contributed by atoms with Crippen molar-refractivity contribution >= 4 is 22.6 Å². The summed E-state index contributed by atoms with van der Waals surface area (Å²) in [5.41, 5.74) is 1.92. The molecule has 1 aromatic heterocycles. The SMILES string of the molecule is COCCC(C)n1c(CCl)nc2c(OC)cccc21. The summed E-state index contributed by atoms with van der Waals surface area (Å²) in [7, 11) is 3.37. The number of alkyl halides is 1. The van der Waals surface area contributed by atoms with Gasteiger partial charge in [0.15, 0.2) is 0 Å². The van der Waals surface area contributed by atoms with Crippen LogP contribution in [0.25, 0.3) is 11.0 Å². The number of methoxy groups -OCH3 is 2. The van der Waals surface area contributed by atoms with E-state index in [-0.39, 0.29) is 6.04 Å². The summed E-state index contributed by atoms with van der Waals surface area (Å²) in [6, 6.07) is 6.22. The van der Waals surface area contributed by atoms with Crippen LogP contribution in [0.2, 0.25) is 0 Å². The zero-order valence-electron chi connectivity index (χ0n) is 11.5. The van der Waals surface area contributed by atoms with Crippen molar-refractivity contribution in [3.8, 4) is 5.75 Å². The van der Waals surface area contributed by atoms with Gasteiger partial charge in [-0.15, -0.1) is 11.6 Å². The number of benzene rings is 1. The van der Waals surface area contributed by atoms with Crippen LogP contribution in [0.1, 0.15) is 25.2 Å². The monoisotopic (exact) mass is 282 g/mol. The summed E-state index contributed by atoms with van der Waals surface area (Å²) < 4.78 is 12.7. The highest BCUT2D eigenvalue weighted by Gasteiger charge is 2.17. The molecule has 1 heterocycles. The number of ether oxygens (including phenoxy) is 2. The molecule has 0 aliphatic heterocycles. The summed E-state index contributed by atoms with van der Waals surface area (Å²) in [5, 5.41) is 0. The van der Waals surface area contributed by atoms with Gasteiger partial charge in [-0.2, -0.15) is 0 Å². The Morgan fingerprint density at radius 2 is 2.16 bits per heavy atom. The molecule has 0 radical (unpaired) electrons. The van der Waals surface area contributed by atoms with Crippen LogP contribution in [-0.2, 0) is 10.6 Å². The Morgan fingerprint density at radius 1 is 1.37 bits per heavy atom. The molecule has 5 heteroatoms. The standard InChI is InChI=1S/C14H19ClN2O2/c1-10(7-8-18-2)17-11-5-4-6-12(19-3)14(11)16-13(17)9-15/h4-6,10H,7-9H2,1-3H3. The molecule has 2 rings (SSSR count). The maximum atomic E-state index is 6.02. The van der Waals surface area contributed by atoms with Crippen molar-refractivity contribution in [2.45, 2.75) is 25.3 Å². The molecule has 1 atom stereocenters. The average Bonchev–Trinajstić information content (AvgIpc) is 2.83. The van der Waals surface area contributed by atoms with Crippen LogP contribution in [0, 0.1) is 0 Å². The van der Waals surface area contributed by atoms with Crippen molar-refractivity contribution in [1.29, 1.82) is 0 Å². The van der Waals surface area contributed by atoms with Gasteiger partial charge in [-0.25, -0.2) is 4.98 Å². The molecule has 1 unspecified atom stereocenters. The van der Waals surface area contributed by atoms with E-state index in [2.05, 4.69) is 16.5 Å². The number of halogens is 1. The molecule has 0 fully saturated rings. The largest absolute Gasteiger partial charge is 0.494 e. The number of fused-ring (bicyclic) bond motifs is 1. The third-order valence-corrected chi connectivity index (χ3v) is 3.52. The van der Waals surface area contributed by atoms with Gasteiger partial charge in [-0.3, -0.25) is 0 Å². The van der Waals surface area contributed by atoms with E-state index in [1.54, 1.807) is 14.2 Å². The number of imidazole rings is 1. The molecule has 104 valence electrons. The molecule has 0 aliphatic rings. The van der Waals surface area contributed by atoms with Gasteiger partial charge >= 0.3 is 0 Å². The van der Waals surface area contributed by atoms with E-state index >= 15 is 0 Å². The van der Waals surface area contributed by atoms with E-state index in [4.69, 9.17) is 21.1 Å². The van der Waals surface area contributed by atoms with Crippen LogP contribution in [-0.4, -0.2) is 30.4 Å². The minimum atomic E-state index is 0.283. The van der Waals surface area contributed by atoms with Crippen molar-refractivity contribution in [1.82, 2.24) is 9.55 Å². The van der Waals surface area contributed by atoms with Crippen LogP contribution >= 0.6 is 11.6 Å². The second-order valence-electron chi connectivity index (χ2n) is 4.49. The van der Waals surface area contributed by atoms with Crippen LogP contribution in [0.5, 0.6) is 5.75 Å². The topological polar surface area (TPSA) is 36.3 Å². The molecule has 2 aromatic rings. The molecule has 19 heavy (non-hydrogen) atoms. The molecular formula is C14H19ClN2O2. The van der Waals surface area contributed by atoms with Gasteiger partial charge in [0.05, 0.1) is 18.5 Å². The highest BCUT2D eigenvalue weighted by Crippen LogP contribution is 2.29. The lowest BCUT2D eigenvalue weighted by Gasteiger charge is -2.16. The highest BCUT2D eigenvalue weighted by molar-refractivity contribution is 6.16. The maximum Gasteiger partial charge on any atom is 0.146 e. The number of rotatable bonds is 6. The van der Waals surface area contributed by atoms with Crippen molar-refractivity contribution in [3.05, 3.63) is 24.0 Å². The third kappa shape index (κ3) is 2.69. The predicted octanol–water partition coefficient (Wildman–Crippen LogP) is 3.38. The van der Waals surface area contributed by atoms with E-state index in [0.717, 1.165) is 29.0 Å². The second kappa shape index (κ2) is 6.26. The fraction of sp³-hybridized carbons (Fsp3) is 0.500. The van der Waals surface area contributed by atoms with E-state index < -0.39 is 0 Å². The first kappa shape index (κ1) is 14.2. The highest BCUT2D eigenvalue weighted by atomic mass is 35.5. The fourth-order valence-electron chi connectivity index (χ4n) is 2.31. The van der Waals surface area contributed by atoms with Gasteiger partial charge in [-0.05, 0) is 25.5 Å². The van der Waals surface area contributed by atoms with Gasteiger partial charge in [0.2, 0.25) is 0 Å². The number of hydrogen-bond acceptors (Lipinski definition) is 3. The first-order chi connectivity index (χ1) is 9.22. The number of aromatic nitrogens is 2. The molecule has 0 amide bonds. The lowest BCUT2D eigenvalue weighted by Crippen LogP contribution is -2.10. The number of hydrogen-bond donors (Lipinski definition) is 0. The third-order valence-electron chi connectivity index (χ3n) is 3.28. The zero-order valence-corrected chi connectivity index (χ0v) is 12.3. The summed E-state index contributed by atoms with van der Waals surface area (Å²) >= 11 is 6.02. The maximum absolute atomic E-state index is 6.02. The molecule has 0 saturated carbocycles. The quantitative estimate of drug-likeness (QED) is 0.762. The Hall–Kier alpha value is -1.26. The van der Waals surface area contributed by atoms with Crippen molar-refractivity contribution in [3.63, 3.8) is 0 Å². The van der Waals surface area contributed by atoms with Gasteiger partial charge in [0.1, 0.15) is 17.1 Å². The molecule has 0 bridgehead atoms. The Labute approximate surface area is 118 Å². The Morgan fingerprint density at radius 3 is 2.79 bits per heavy atom. The van der Waals surface area contributed by atoms with Gasteiger partial charge < -0.3 is 14.0 Å². The van der Waals surface area contributed by atoms with Crippen molar-refractivity contribution in [2.24, 2.45) is 0 Å². The summed E-state index contributed by atoms with van der Waals surface area (Å²) in [5.74, 6) is 2.03. The van der Waals surface area contributed by atoms with Gasteiger partial charge in [-0.1, -0.05) is 6.07 Å². The second-order valence-corrected chi connectivity index (χ2v) is 4.76. The van der Waals surface area contributed by atoms with E-state index in [9.17, 15) is 0 Å². The van der Waals surface area contributed by atoms with Crippen LogP contribution in [0.3, 0.4) is 0 Å². The van der Waals surface area contributed by atoms with Crippen LogP contribution < -0.4 is 4.74 Å². The predicted molar refractivity (Wildman–Crippen MR) is 77.0 cm³/mol. The lowest BCUT2D eigenvalue weighted by atomic mass is 10.2. The van der Waals surface area contributed by atoms with E-state index in [1.165, 1.54) is 0 Å². The first-order valence-electron chi connectivity index (χ1n) is 6.31. The lowest BCUT2D eigenvalue weighted by molar-refractivity contribution is 0.181. The van der Waals surface area contributed by atoms with Crippen molar-refractivity contribution in [2.75, 3.05) is 20.8 Å². The van der Waals surface area contributed by atoms with E-state index in [1.807, 2.05) is 18.2 Å². The Kier molecular flexibility index (Phi) is 4.66. The molecule has 0 N–H and O–H groups in total. The number of para-hydroxylation sites is 1. The minimum absolute atomic E-state index is 0.283. The summed E-state index contributed by atoms with van der Waals surface area (Å²) in [4.78, 5) is 4.60. The molecule has 0 aliphatic carbocycles. The smallest absolute Gasteiger partial charge is 0.146 e. The minimum Gasteiger partial charge on any atom is -0.494 e. The molecule has 1 aromatic carbocycles. The van der Waals surface area contributed by atoms with Crippen LogP contribution in [0.4, 0.5) is 0 Å². The van der Waals surface area contributed by atoms with Gasteiger partial charge in [0.25, 0.3) is 0 Å². The van der Waals surface area contributed by atoms with E-state index in [0.29, 0.717) is 12.5 Å². The normalized spacial score (nSPS) is 12.8. The summed E-state index contributed by atoms with van der Waals surface area (Å²) in [6.45, 7) is 2.86. The Bertz CT molecular complexity index is 554. The zero-order chi connectivity index (χ0) is 13.8. The molecule has 0 saturated heterocycles. The average molecular weight is 283 g/mol. The molecule has 0 spiro atoms. The summed E-state index contributed by atoms with van der Waals surface area (Å²) in [6.07, 6.45) is 0.920. The fourth-order valence-corrected chi connectivity index (χ4v) is 2.50. The van der Waals surface area contributed by atoms with Crippen LogP contribution in [0.15, 0.2) is 18.2 Å². The first-order valence-corrected chi connectivity index (χ1v) is 6.85. The van der Waals surface area contributed by atoms with Crippen molar-refractivity contribution < 1.29 is 9.47 Å². The van der Waals surface area contributed by atoms with Gasteiger partial charge in [0, 0.05) is 19.8 Å². The molecular weight excluding hydrogens is 264 g/mol. The molecule has 4 nitrogen and oxygen atoms in total. The Balaban J connectivity index is 2.51.